The van der Waals surface area contributed by atoms with Crippen LogP contribution >= 0.6 is 11.6 Å². The van der Waals surface area contributed by atoms with Crippen LogP contribution in [0.4, 0.5) is 4.39 Å². The fourth-order valence-electron chi connectivity index (χ4n) is 1.91. The van der Waals surface area contributed by atoms with E-state index in [2.05, 4.69) is 24.3 Å². The van der Waals surface area contributed by atoms with E-state index in [-0.39, 0.29) is 5.82 Å². The number of hydrogen-bond acceptors (Lipinski definition) is 2. The topological polar surface area (TPSA) is 29.9 Å². The number of nitrogens with zero attached hydrogens (tertiary/aromatic N) is 2. The van der Waals surface area contributed by atoms with Crippen molar-refractivity contribution in [2.24, 2.45) is 5.92 Å². The molecule has 0 aliphatic carbocycles. The summed E-state index contributed by atoms with van der Waals surface area (Å²) in [6, 6.07) is 4.43. The molecule has 0 aliphatic rings. The van der Waals surface area contributed by atoms with E-state index < -0.39 is 0 Å². The van der Waals surface area contributed by atoms with Crippen molar-refractivity contribution in [3.05, 3.63) is 52.6 Å². The van der Waals surface area contributed by atoms with Gasteiger partial charge in [-0.2, -0.15) is 5.10 Å². The van der Waals surface area contributed by atoms with E-state index in [4.69, 9.17) is 11.6 Å². The Bertz CT molecular complexity index is 566. The van der Waals surface area contributed by atoms with Crippen molar-refractivity contribution < 1.29 is 4.39 Å². The minimum absolute atomic E-state index is 0.321. The van der Waals surface area contributed by atoms with E-state index in [0.717, 1.165) is 24.2 Å². The number of halogens is 2. The molecule has 0 amide bonds. The van der Waals surface area contributed by atoms with E-state index in [1.54, 1.807) is 6.07 Å². The molecule has 0 fully saturated rings. The molecule has 1 aromatic carbocycles. The van der Waals surface area contributed by atoms with Gasteiger partial charge >= 0.3 is 0 Å². The third-order valence-electron chi connectivity index (χ3n) is 2.92. The minimum atomic E-state index is -0.321. The molecule has 1 N–H and O–H groups in total. The molecule has 0 spiro atoms. The van der Waals surface area contributed by atoms with Crippen molar-refractivity contribution in [3.63, 3.8) is 0 Å². The Morgan fingerprint density at radius 1 is 1.40 bits per heavy atom. The Morgan fingerprint density at radius 2 is 2.20 bits per heavy atom. The van der Waals surface area contributed by atoms with E-state index >= 15 is 0 Å². The Kier molecular flexibility index (Phi) is 5.15. The van der Waals surface area contributed by atoms with Gasteiger partial charge in [-0.15, -0.1) is 0 Å². The zero-order chi connectivity index (χ0) is 14.5. The maximum absolute atomic E-state index is 13.0. The van der Waals surface area contributed by atoms with E-state index in [9.17, 15) is 4.39 Å². The summed E-state index contributed by atoms with van der Waals surface area (Å²) in [5, 5.41) is 8.10. The molecule has 0 unspecified atom stereocenters. The van der Waals surface area contributed by atoms with E-state index in [1.807, 2.05) is 17.1 Å². The van der Waals surface area contributed by atoms with Crippen LogP contribution in [0, 0.1) is 11.7 Å². The number of benzene rings is 1. The lowest BCUT2D eigenvalue weighted by atomic mass is 10.2. The van der Waals surface area contributed by atoms with Gasteiger partial charge in [0.15, 0.2) is 0 Å². The molecule has 108 valence electrons. The number of hydrogen-bond donors (Lipinski definition) is 1. The van der Waals surface area contributed by atoms with Crippen LogP contribution in [0.25, 0.3) is 0 Å². The van der Waals surface area contributed by atoms with Crippen molar-refractivity contribution in [1.29, 1.82) is 0 Å². The summed E-state index contributed by atoms with van der Waals surface area (Å²) in [4.78, 5) is 0. The second-order valence-corrected chi connectivity index (χ2v) is 5.71. The monoisotopic (exact) mass is 295 g/mol. The molecule has 1 heterocycles. The third kappa shape index (κ3) is 4.32. The SMILES string of the molecule is CC(C)CNCc1cnn(Cc2ccc(F)cc2Cl)c1. The fraction of sp³-hybridized carbons (Fsp3) is 0.400. The molecule has 3 nitrogen and oxygen atoms in total. The first kappa shape index (κ1) is 15.0. The summed E-state index contributed by atoms with van der Waals surface area (Å²) in [7, 11) is 0. The van der Waals surface area contributed by atoms with Gasteiger partial charge in [-0.3, -0.25) is 4.68 Å². The highest BCUT2D eigenvalue weighted by Gasteiger charge is 2.05. The number of nitrogens with one attached hydrogen (secondary N) is 1. The van der Waals surface area contributed by atoms with Crippen LogP contribution in [0.15, 0.2) is 30.6 Å². The number of aromatic nitrogens is 2. The lowest BCUT2D eigenvalue weighted by Crippen LogP contribution is -2.18. The van der Waals surface area contributed by atoms with Crippen LogP contribution in [0.2, 0.25) is 5.02 Å². The molecule has 0 radical (unpaired) electrons. The molecular formula is C15H19ClFN3. The molecule has 0 saturated heterocycles. The van der Waals surface area contributed by atoms with Crippen LogP contribution in [0.1, 0.15) is 25.0 Å². The second-order valence-electron chi connectivity index (χ2n) is 5.31. The molecule has 20 heavy (non-hydrogen) atoms. The quantitative estimate of drug-likeness (QED) is 0.884. The van der Waals surface area contributed by atoms with Gasteiger partial charge in [0.05, 0.1) is 12.7 Å². The van der Waals surface area contributed by atoms with Crippen molar-refractivity contribution in [1.82, 2.24) is 15.1 Å². The number of rotatable bonds is 6. The van der Waals surface area contributed by atoms with Crippen molar-refractivity contribution in [3.8, 4) is 0 Å². The highest BCUT2D eigenvalue weighted by molar-refractivity contribution is 6.31. The summed E-state index contributed by atoms with van der Waals surface area (Å²) in [6.45, 7) is 6.67. The summed E-state index contributed by atoms with van der Waals surface area (Å²) in [5.41, 5.74) is 1.99. The predicted octanol–water partition coefficient (Wildman–Crippen LogP) is 3.47. The molecule has 0 atom stereocenters. The van der Waals surface area contributed by atoms with Crippen molar-refractivity contribution in [2.75, 3.05) is 6.54 Å². The molecule has 0 aliphatic heterocycles. The molecule has 2 rings (SSSR count). The van der Waals surface area contributed by atoms with Gasteiger partial charge in [-0.25, -0.2) is 4.39 Å². The zero-order valence-corrected chi connectivity index (χ0v) is 12.5. The Balaban J connectivity index is 1.95. The Labute approximate surface area is 123 Å². The van der Waals surface area contributed by atoms with Gasteiger partial charge in [0.2, 0.25) is 0 Å². The Morgan fingerprint density at radius 3 is 2.90 bits per heavy atom. The highest BCUT2D eigenvalue weighted by atomic mass is 35.5. The normalized spacial score (nSPS) is 11.2. The van der Waals surface area contributed by atoms with Gasteiger partial charge in [0, 0.05) is 23.3 Å². The maximum Gasteiger partial charge on any atom is 0.124 e. The average molecular weight is 296 g/mol. The standard InChI is InChI=1S/C15H19ClFN3/c1-11(2)6-18-7-12-8-19-20(9-12)10-13-3-4-14(17)5-15(13)16/h3-5,8-9,11,18H,6-7,10H2,1-2H3. The highest BCUT2D eigenvalue weighted by Crippen LogP contribution is 2.18. The smallest absolute Gasteiger partial charge is 0.124 e. The largest absolute Gasteiger partial charge is 0.312 e. The average Bonchev–Trinajstić information content (AvgIpc) is 2.80. The fourth-order valence-corrected chi connectivity index (χ4v) is 2.14. The molecule has 0 bridgehead atoms. The molecule has 0 saturated carbocycles. The maximum atomic E-state index is 13.0. The second kappa shape index (κ2) is 6.86. The van der Waals surface area contributed by atoms with Crippen LogP contribution in [-0.2, 0) is 13.1 Å². The summed E-state index contributed by atoms with van der Waals surface area (Å²) in [5.74, 6) is 0.306. The van der Waals surface area contributed by atoms with Gasteiger partial charge in [0.25, 0.3) is 0 Å². The lowest BCUT2D eigenvalue weighted by molar-refractivity contribution is 0.552. The molecule has 1 aromatic heterocycles. The van der Waals surface area contributed by atoms with E-state index in [0.29, 0.717) is 17.5 Å². The van der Waals surface area contributed by atoms with Crippen LogP contribution in [0.5, 0.6) is 0 Å². The van der Waals surface area contributed by atoms with E-state index in [1.165, 1.54) is 12.1 Å². The predicted molar refractivity (Wildman–Crippen MR) is 79.3 cm³/mol. The molecular weight excluding hydrogens is 277 g/mol. The minimum Gasteiger partial charge on any atom is -0.312 e. The van der Waals surface area contributed by atoms with Gasteiger partial charge in [-0.05, 0) is 30.2 Å². The van der Waals surface area contributed by atoms with Crippen molar-refractivity contribution >= 4 is 11.6 Å². The molecule has 2 aromatic rings. The summed E-state index contributed by atoms with van der Waals surface area (Å²) >= 11 is 6.01. The van der Waals surface area contributed by atoms with Gasteiger partial charge < -0.3 is 5.32 Å². The van der Waals surface area contributed by atoms with Gasteiger partial charge in [-0.1, -0.05) is 31.5 Å². The third-order valence-corrected chi connectivity index (χ3v) is 3.27. The van der Waals surface area contributed by atoms with Crippen LogP contribution in [0.3, 0.4) is 0 Å². The summed E-state index contributed by atoms with van der Waals surface area (Å²) in [6.07, 6.45) is 3.82. The van der Waals surface area contributed by atoms with Crippen LogP contribution < -0.4 is 5.32 Å². The van der Waals surface area contributed by atoms with Gasteiger partial charge in [0.1, 0.15) is 5.82 Å². The first-order valence-corrected chi connectivity index (χ1v) is 7.08. The Hall–Kier alpha value is -1.39. The first-order chi connectivity index (χ1) is 9.54. The van der Waals surface area contributed by atoms with Crippen molar-refractivity contribution in [2.45, 2.75) is 26.9 Å². The summed E-state index contributed by atoms with van der Waals surface area (Å²) < 4.78 is 14.8. The first-order valence-electron chi connectivity index (χ1n) is 6.70. The van der Waals surface area contributed by atoms with Crippen LogP contribution in [-0.4, -0.2) is 16.3 Å². The zero-order valence-electron chi connectivity index (χ0n) is 11.7. The lowest BCUT2D eigenvalue weighted by Gasteiger charge is -2.06. The molecule has 5 heteroatoms.